The molecule has 1 saturated carbocycles. The van der Waals surface area contributed by atoms with Crippen molar-refractivity contribution in [1.82, 2.24) is 4.90 Å². The van der Waals surface area contributed by atoms with Gasteiger partial charge in [-0.25, -0.2) is 4.79 Å². The van der Waals surface area contributed by atoms with E-state index in [1.807, 2.05) is 24.3 Å². The molecule has 3 rings (SSSR count). The maximum absolute atomic E-state index is 10.9. The molecule has 0 unspecified atom stereocenters. The average molecular weight is 296 g/mol. The van der Waals surface area contributed by atoms with Gasteiger partial charge in [0.15, 0.2) is 0 Å². The number of carboxylic acid groups (broad SMARTS) is 1. The fourth-order valence-electron chi connectivity index (χ4n) is 3.28. The van der Waals surface area contributed by atoms with E-state index in [4.69, 9.17) is 21.4 Å². The van der Waals surface area contributed by atoms with Crippen molar-refractivity contribution in [3.63, 3.8) is 0 Å². The van der Waals surface area contributed by atoms with Crippen molar-refractivity contribution >= 4 is 17.7 Å². The predicted molar refractivity (Wildman–Crippen MR) is 76.4 cm³/mol. The number of hydrogen-bond donors (Lipinski definition) is 1. The molecule has 4 nitrogen and oxygen atoms in total. The monoisotopic (exact) mass is 295 g/mol. The third kappa shape index (κ3) is 2.70. The molecule has 2 fully saturated rings. The number of ether oxygens (including phenoxy) is 1. The fraction of sp³-hybridized carbons (Fsp3) is 0.533. The Morgan fingerprint density at radius 2 is 1.85 bits per heavy atom. The van der Waals surface area contributed by atoms with Gasteiger partial charge < -0.3 is 14.7 Å². The number of rotatable bonds is 2. The van der Waals surface area contributed by atoms with E-state index < -0.39 is 6.09 Å². The smallest absolute Gasteiger partial charge is 0.407 e. The molecule has 108 valence electrons. The highest BCUT2D eigenvalue weighted by atomic mass is 35.5. The lowest BCUT2D eigenvalue weighted by Crippen LogP contribution is -2.51. The van der Waals surface area contributed by atoms with Crippen LogP contribution in [-0.2, 0) is 0 Å². The van der Waals surface area contributed by atoms with Crippen molar-refractivity contribution < 1.29 is 14.6 Å². The summed E-state index contributed by atoms with van der Waals surface area (Å²) in [5.41, 5.74) is 0.309. The van der Waals surface area contributed by atoms with E-state index in [1.165, 1.54) is 4.90 Å². The van der Waals surface area contributed by atoms with Crippen molar-refractivity contribution in [2.24, 2.45) is 5.41 Å². The van der Waals surface area contributed by atoms with Crippen molar-refractivity contribution in [3.8, 4) is 5.75 Å². The molecule has 2 aliphatic rings. The average Bonchev–Trinajstić information content (AvgIpc) is 2.40. The van der Waals surface area contributed by atoms with Gasteiger partial charge in [0.05, 0.1) is 6.10 Å². The maximum Gasteiger partial charge on any atom is 0.407 e. The lowest BCUT2D eigenvalue weighted by Gasteiger charge is -2.51. The summed E-state index contributed by atoms with van der Waals surface area (Å²) in [5, 5.41) is 9.67. The Morgan fingerprint density at radius 1 is 1.25 bits per heavy atom. The van der Waals surface area contributed by atoms with Crippen LogP contribution in [0.1, 0.15) is 25.7 Å². The number of amides is 1. The van der Waals surface area contributed by atoms with Crippen molar-refractivity contribution in [2.75, 3.05) is 13.1 Å². The zero-order chi connectivity index (χ0) is 14.2. The highest BCUT2D eigenvalue weighted by Gasteiger charge is 2.47. The molecule has 0 aromatic heterocycles. The van der Waals surface area contributed by atoms with Crippen LogP contribution in [0.15, 0.2) is 24.3 Å². The van der Waals surface area contributed by atoms with Gasteiger partial charge in [0.1, 0.15) is 5.75 Å². The van der Waals surface area contributed by atoms with Gasteiger partial charge >= 0.3 is 6.09 Å². The molecular weight excluding hydrogens is 278 g/mol. The molecule has 20 heavy (non-hydrogen) atoms. The number of benzene rings is 1. The molecule has 5 heteroatoms. The third-order valence-corrected chi connectivity index (χ3v) is 4.78. The summed E-state index contributed by atoms with van der Waals surface area (Å²) in [6.45, 7) is 1.31. The van der Waals surface area contributed by atoms with Crippen LogP contribution in [0.3, 0.4) is 0 Å². The molecule has 1 saturated heterocycles. The number of nitrogens with zero attached hydrogens (tertiary/aromatic N) is 1. The molecule has 0 atom stereocenters. The summed E-state index contributed by atoms with van der Waals surface area (Å²) in [4.78, 5) is 12.4. The molecule has 1 aliphatic heterocycles. The van der Waals surface area contributed by atoms with E-state index in [0.29, 0.717) is 23.5 Å². The van der Waals surface area contributed by atoms with Gasteiger partial charge in [-0.1, -0.05) is 11.6 Å². The first-order valence-electron chi connectivity index (χ1n) is 6.96. The molecule has 1 aromatic rings. The Kier molecular flexibility index (Phi) is 3.50. The van der Waals surface area contributed by atoms with E-state index in [2.05, 4.69) is 0 Å². The zero-order valence-electron chi connectivity index (χ0n) is 11.2. The van der Waals surface area contributed by atoms with E-state index in [-0.39, 0.29) is 6.10 Å². The van der Waals surface area contributed by atoms with Crippen LogP contribution in [-0.4, -0.2) is 35.3 Å². The Hall–Kier alpha value is -1.42. The maximum atomic E-state index is 10.9. The quantitative estimate of drug-likeness (QED) is 0.906. The molecular formula is C15H18ClNO3. The summed E-state index contributed by atoms with van der Waals surface area (Å²) in [5.74, 6) is 0.859. The van der Waals surface area contributed by atoms with E-state index >= 15 is 0 Å². The summed E-state index contributed by atoms with van der Waals surface area (Å²) in [6.07, 6.45) is 3.44. The van der Waals surface area contributed by atoms with Crippen molar-refractivity contribution in [2.45, 2.75) is 31.8 Å². The standard InChI is InChI=1S/C15H18ClNO3/c16-11-1-3-12(4-2-11)20-13-9-15(10-13)5-7-17(8-6-15)14(18)19/h1-4,13H,5-10H2,(H,18,19). The van der Waals surface area contributed by atoms with Gasteiger partial charge in [-0.15, -0.1) is 0 Å². The van der Waals surface area contributed by atoms with E-state index in [0.717, 1.165) is 31.4 Å². The molecule has 1 spiro atoms. The van der Waals surface area contributed by atoms with E-state index in [1.54, 1.807) is 0 Å². The second-order valence-electron chi connectivity index (χ2n) is 5.87. The van der Waals surface area contributed by atoms with Gasteiger partial charge in [0.25, 0.3) is 0 Å². The largest absolute Gasteiger partial charge is 0.490 e. The lowest BCUT2D eigenvalue weighted by atomic mass is 9.61. The second kappa shape index (κ2) is 5.17. The van der Waals surface area contributed by atoms with Crippen molar-refractivity contribution in [3.05, 3.63) is 29.3 Å². The summed E-state index contributed by atoms with van der Waals surface area (Å²) >= 11 is 5.84. The first-order valence-corrected chi connectivity index (χ1v) is 7.34. The molecule has 0 bridgehead atoms. The Morgan fingerprint density at radius 3 is 2.40 bits per heavy atom. The zero-order valence-corrected chi connectivity index (χ0v) is 12.0. The van der Waals surface area contributed by atoms with E-state index in [9.17, 15) is 4.79 Å². The fourth-order valence-corrected chi connectivity index (χ4v) is 3.40. The van der Waals surface area contributed by atoms with Crippen LogP contribution in [0, 0.1) is 5.41 Å². The molecule has 1 aliphatic carbocycles. The lowest BCUT2D eigenvalue weighted by molar-refractivity contribution is -0.0515. The van der Waals surface area contributed by atoms with Gasteiger partial charge in [-0.05, 0) is 55.4 Å². The normalized spacial score (nSPS) is 21.6. The Balaban J connectivity index is 1.49. The first-order chi connectivity index (χ1) is 9.56. The summed E-state index contributed by atoms with van der Waals surface area (Å²) in [6, 6.07) is 7.44. The number of carbonyl (C=O) groups is 1. The number of likely N-dealkylation sites (tertiary alicyclic amines) is 1. The molecule has 1 N–H and O–H groups in total. The molecule has 0 radical (unpaired) electrons. The molecule has 1 aromatic carbocycles. The minimum Gasteiger partial charge on any atom is -0.490 e. The SMILES string of the molecule is O=C(O)N1CCC2(CC1)CC(Oc1ccc(Cl)cc1)C2. The van der Waals surface area contributed by atoms with Gasteiger partial charge in [-0.2, -0.15) is 0 Å². The van der Waals surface area contributed by atoms with Gasteiger partial charge in [0.2, 0.25) is 0 Å². The van der Waals surface area contributed by atoms with Crippen LogP contribution < -0.4 is 4.74 Å². The third-order valence-electron chi connectivity index (χ3n) is 4.53. The predicted octanol–water partition coefficient (Wildman–Crippen LogP) is 3.64. The molecule has 1 amide bonds. The number of hydrogen-bond acceptors (Lipinski definition) is 2. The minimum absolute atomic E-state index is 0.257. The Labute approximate surface area is 123 Å². The van der Waals surface area contributed by atoms with Crippen LogP contribution in [0.2, 0.25) is 5.02 Å². The highest BCUT2D eigenvalue weighted by Crippen LogP contribution is 2.50. The van der Waals surface area contributed by atoms with Gasteiger partial charge in [-0.3, -0.25) is 0 Å². The van der Waals surface area contributed by atoms with Crippen molar-refractivity contribution in [1.29, 1.82) is 0 Å². The molecule has 1 heterocycles. The first kappa shape index (κ1) is 13.6. The number of piperidine rings is 1. The van der Waals surface area contributed by atoms with Crippen LogP contribution in [0.25, 0.3) is 0 Å². The van der Waals surface area contributed by atoms with Crippen LogP contribution in [0.5, 0.6) is 5.75 Å². The summed E-state index contributed by atoms with van der Waals surface area (Å²) < 4.78 is 5.92. The summed E-state index contributed by atoms with van der Waals surface area (Å²) in [7, 11) is 0. The number of halogens is 1. The topological polar surface area (TPSA) is 49.8 Å². The Bertz CT molecular complexity index is 486. The van der Waals surface area contributed by atoms with Crippen LogP contribution in [0.4, 0.5) is 4.79 Å². The minimum atomic E-state index is -0.798. The second-order valence-corrected chi connectivity index (χ2v) is 6.31. The van der Waals surface area contributed by atoms with Crippen LogP contribution >= 0.6 is 11.6 Å². The highest BCUT2D eigenvalue weighted by molar-refractivity contribution is 6.30. The van der Waals surface area contributed by atoms with Gasteiger partial charge in [0, 0.05) is 18.1 Å².